The van der Waals surface area contributed by atoms with Crippen LogP contribution in [0.15, 0.2) is 24.3 Å². The first-order valence-corrected chi connectivity index (χ1v) is 11.6. The fraction of sp³-hybridized carbons (Fsp3) is 0.455. The number of benzene rings is 1. The highest BCUT2D eigenvalue weighted by Gasteiger charge is 2.36. The molecule has 1 aromatic heterocycles. The Morgan fingerprint density at radius 2 is 1.90 bits per heavy atom. The van der Waals surface area contributed by atoms with Crippen molar-refractivity contribution in [2.75, 3.05) is 30.8 Å². The second-order valence-corrected chi connectivity index (χ2v) is 10.3. The van der Waals surface area contributed by atoms with Crippen molar-refractivity contribution in [1.82, 2.24) is 0 Å². The summed E-state index contributed by atoms with van der Waals surface area (Å²) in [5, 5.41) is 6.75. The summed E-state index contributed by atoms with van der Waals surface area (Å²) in [7, 11) is 2.31. The zero-order valence-electron chi connectivity index (χ0n) is 17.2. The van der Waals surface area contributed by atoms with Gasteiger partial charge in [0.1, 0.15) is 11.5 Å². The number of anilines is 2. The Hall–Kier alpha value is -2.09. The van der Waals surface area contributed by atoms with Gasteiger partial charge in [-0.05, 0) is 42.7 Å². The van der Waals surface area contributed by atoms with Crippen molar-refractivity contribution >= 4 is 45.6 Å². The van der Waals surface area contributed by atoms with E-state index in [1.165, 1.54) is 43.6 Å². The van der Waals surface area contributed by atoms with Gasteiger partial charge in [0, 0.05) is 23.0 Å². The molecule has 2 aliphatic rings. The lowest BCUT2D eigenvalue weighted by molar-refractivity contribution is -0.927. The molecule has 3 amide bonds. The summed E-state index contributed by atoms with van der Waals surface area (Å²) in [6.07, 6.45) is 6.16. The Morgan fingerprint density at radius 1 is 1.20 bits per heavy atom. The number of quaternary nitrogens is 1. The second-order valence-electron chi connectivity index (χ2n) is 8.74. The van der Waals surface area contributed by atoms with Crippen molar-refractivity contribution in [3.8, 4) is 0 Å². The highest BCUT2D eigenvalue weighted by Crippen LogP contribution is 2.40. The number of thiophene rings is 1. The summed E-state index contributed by atoms with van der Waals surface area (Å²) in [5.74, 6) is 0.316. The molecular formula is C22H28ClN4O2S+. The largest absolute Gasteiger partial charge is 0.365 e. The van der Waals surface area contributed by atoms with Crippen LogP contribution < -0.4 is 16.4 Å². The Balaban J connectivity index is 1.51. The summed E-state index contributed by atoms with van der Waals surface area (Å²) in [6, 6.07) is 6.46. The van der Waals surface area contributed by atoms with Crippen LogP contribution in [0.4, 0.5) is 15.5 Å². The molecule has 1 fully saturated rings. The number of halogens is 1. The van der Waals surface area contributed by atoms with Gasteiger partial charge < -0.3 is 15.5 Å². The van der Waals surface area contributed by atoms with Crippen LogP contribution in [0.1, 0.15) is 46.5 Å². The van der Waals surface area contributed by atoms with E-state index in [2.05, 4.69) is 17.7 Å². The van der Waals surface area contributed by atoms with Gasteiger partial charge in [0.15, 0.2) is 0 Å². The van der Waals surface area contributed by atoms with Crippen LogP contribution >= 0.6 is 22.9 Å². The average molecular weight is 448 g/mol. The molecule has 1 aliphatic heterocycles. The summed E-state index contributed by atoms with van der Waals surface area (Å²) in [5.41, 5.74) is 7.81. The Kier molecular flexibility index (Phi) is 6.04. The predicted molar refractivity (Wildman–Crippen MR) is 122 cm³/mol. The van der Waals surface area contributed by atoms with E-state index in [4.69, 9.17) is 17.3 Å². The van der Waals surface area contributed by atoms with Gasteiger partial charge in [-0.1, -0.05) is 24.4 Å². The zero-order valence-corrected chi connectivity index (χ0v) is 18.7. The number of rotatable bonds is 5. The van der Waals surface area contributed by atoms with Crippen LogP contribution in [0.3, 0.4) is 0 Å². The topological polar surface area (TPSA) is 84.2 Å². The number of nitrogens with two attached hydrogens (primary N) is 1. The van der Waals surface area contributed by atoms with Crippen molar-refractivity contribution in [2.45, 2.75) is 38.6 Å². The average Bonchev–Trinajstić information content (AvgIpc) is 3.30. The number of carbonyl (C=O) groups excluding carboxylic acids is 2. The first-order valence-electron chi connectivity index (χ1n) is 10.4. The molecule has 1 aliphatic carbocycles. The van der Waals surface area contributed by atoms with Gasteiger partial charge in [-0.25, -0.2) is 4.79 Å². The molecular weight excluding hydrogens is 420 g/mol. The van der Waals surface area contributed by atoms with Crippen LogP contribution in [0, 0.1) is 5.92 Å². The van der Waals surface area contributed by atoms with Crippen molar-refractivity contribution in [3.05, 3.63) is 45.3 Å². The summed E-state index contributed by atoms with van der Waals surface area (Å²) < 4.78 is 0.993. The fourth-order valence-electron chi connectivity index (χ4n) is 4.83. The maximum atomic E-state index is 12.5. The molecule has 4 rings (SSSR count). The van der Waals surface area contributed by atoms with Crippen LogP contribution in [-0.4, -0.2) is 36.6 Å². The smallest absolute Gasteiger partial charge is 0.324 e. The fourth-order valence-corrected chi connectivity index (χ4v) is 6.38. The Bertz CT molecular complexity index is 953. The molecule has 4 N–H and O–H groups in total. The van der Waals surface area contributed by atoms with Gasteiger partial charge in [0.25, 0.3) is 5.91 Å². The normalized spacial score (nSPS) is 21.3. The lowest BCUT2D eigenvalue weighted by atomic mass is 9.98. The van der Waals surface area contributed by atoms with E-state index in [0.29, 0.717) is 21.3 Å². The number of hydrogen-bond donors (Lipinski definition) is 3. The minimum absolute atomic E-state index is 0.401. The lowest BCUT2D eigenvalue weighted by Gasteiger charge is -2.39. The number of amides is 3. The second kappa shape index (κ2) is 8.57. The number of fused-ring (bicyclic) bond motifs is 1. The van der Waals surface area contributed by atoms with Crippen LogP contribution in [0.2, 0.25) is 5.02 Å². The third-order valence-electron chi connectivity index (χ3n) is 6.27. The molecule has 0 spiro atoms. The van der Waals surface area contributed by atoms with Gasteiger partial charge in [-0.3, -0.25) is 10.1 Å². The molecule has 1 saturated carbocycles. The number of hydrogen-bond acceptors (Lipinski definition) is 3. The molecule has 1 atom stereocenters. The molecule has 0 saturated heterocycles. The standard InChI is InChI=1S/C22H27ClN4O2S/c1-27(12-14-4-2-3-5-14)11-10-17-18(13-27)30-21(19(17)20(24)28)26-22(29)25-16-8-6-15(23)7-9-16/h6-9,14H,2-5,10-13H2,1H3,(H3-,24,25,26,28,29)/p+1. The third-order valence-corrected chi connectivity index (χ3v) is 7.65. The zero-order chi connectivity index (χ0) is 21.3. The Labute approximate surface area is 186 Å². The van der Waals surface area contributed by atoms with E-state index in [-0.39, 0.29) is 0 Å². The molecule has 0 radical (unpaired) electrons. The van der Waals surface area contributed by atoms with Gasteiger partial charge >= 0.3 is 6.03 Å². The van der Waals surface area contributed by atoms with Gasteiger partial charge in [-0.15, -0.1) is 11.3 Å². The lowest BCUT2D eigenvalue weighted by Crippen LogP contribution is -2.49. The monoisotopic (exact) mass is 447 g/mol. The van der Waals surface area contributed by atoms with Gasteiger partial charge in [0.2, 0.25) is 0 Å². The SMILES string of the molecule is C[N+]1(CC2CCCC2)CCc2c(sc(NC(=O)Nc3ccc(Cl)cc3)c2C(N)=O)C1. The van der Waals surface area contributed by atoms with E-state index < -0.39 is 11.9 Å². The first-order chi connectivity index (χ1) is 14.3. The minimum atomic E-state index is -0.485. The minimum Gasteiger partial charge on any atom is -0.365 e. The molecule has 160 valence electrons. The predicted octanol–water partition coefficient (Wildman–Crippen LogP) is 4.84. The molecule has 1 aromatic carbocycles. The van der Waals surface area contributed by atoms with Crippen molar-refractivity contribution in [2.24, 2.45) is 11.7 Å². The number of nitrogens with zero attached hydrogens (tertiary/aromatic N) is 1. The summed E-state index contributed by atoms with van der Waals surface area (Å²) >= 11 is 7.37. The van der Waals surface area contributed by atoms with Crippen molar-refractivity contribution < 1.29 is 14.1 Å². The van der Waals surface area contributed by atoms with E-state index in [9.17, 15) is 9.59 Å². The number of primary amides is 1. The number of nitrogens with one attached hydrogen (secondary N) is 2. The number of carbonyl (C=O) groups is 2. The van der Waals surface area contributed by atoms with Crippen LogP contribution in [0.5, 0.6) is 0 Å². The molecule has 2 heterocycles. The Morgan fingerprint density at radius 3 is 2.57 bits per heavy atom. The molecule has 8 heteroatoms. The van der Waals surface area contributed by atoms with E-state index in [1.54, 1.807) is 24.3 Å². The maximum Gasteiger partial charge on any atom is 0.324 e. The highest BCUT2D eigenvalue weighted by molar-refractivity contribution is 7.17. The number of likely N-dealkylation sites (N-methyl/N-ethyl adjacent to an activating group) is 1. The van der Waals surface area contributed by atoms with Crippen LogP contribution in [-0.2, 0) is 13.0 Å². The quantitative estimate of drug-likeness (QED) is 0.573. The molecule has 2 aromatic rings. The maximum absolute atomic E-state index is 12.5. The van der Waals surface area contributed by atoms with Gasteiger partial charge in [0.05, 0.1) is 30.6 Å². The van der Waals surface area contributed by atoms with E-state index >= 15 is 0 Å². The molecule has 0 bridgehead atoms. The highest BCUT2D eigenvalue weighted by atomic mass is 35.5. The first kappa shape index (κ1) is 21.2. The molecule has 6 nitrogen and oxygen atoms in total. The summed E-state index contributed by atoms with van der Waals surface area (Å²) in [4.78, 5) is 25.9. The number of urea groups is 1. The van der Waals surface area contributed by atoms with Crippen LogP contribution in [0.25, 0.3) is 0 Å². The van der Waals surface area contributed by atoms with Crippen molar-refractivity contribution in [3.63, 3.8) is 0 Å². The third kappa shape index (κ3) is 4.63. The van der Waals surface area contributed by atoms with E-state index in [1.807, 2.05) is 0 Å². The van der Waals surface area contributed by atoms with Crippen molar-refractivity contribution in [1.29, 1.82) is 0 Å². The van der Waals surface area contributed by atoms with Gasteiger partial charge in [-0.2, -0.15) is 0 Å². The van der Waals surface area contributed by atoms with E-state index in [0.717, 1.165) is 40.4 Å². The molecule has 30 heavy (non-hydrogen) atoms. The molecule has 1 unspecified atom stereocenters. The summed E-state index contributed by atoms with van der Waals surface area (Å²) in [6.45, 7) is 3.07.